The molecule has 2 aliphatic rings. The van der Waals surface area contributed by atoms with Crippen LogP contribution in [-0.4, -0.2) is 36.2 Å². The number of aliphatic hydroxyl groups excluding tert-OH is 1. The third kappa shape index (κ3) is 2.90. The molecule has 2 heterocycles. The van der Waals surface area contributed by atoms with Crippen molar-refractivity contribution in [1.29, 1.82) is 0 Å². The van der Waals surface area contributed by atoms with Crippen molar-refractivity contribution >= 4 is 10.0 Å². The lowest BCUT2D eigenvalue weighted by atomic mass is 10.2. The highest BCUT2D eigenvalue weighted by Gasteiger charge is 2.28. The Morgan fingerprint density at radius 2 is 1.95 bits per heavy atom. The molecule has 1 saturated heterocycles. The van der Waals surface area contributed by atoms with Gasteiger partial charge in [-0.3, -0.25) is 0 Å². The number of aliphatic hydroxyl groups is 1. The number of rotatable bonds is 5. The Kier molecular flexibility index (Phi) is 3.85. The summed E-state index contributed by atoms with van der Waals surface area (Å²) in [6, 6.07) is 1.93. The fraction of sp³-hybridized carbons (Fsp3) is 0.692. The summed E-state index contributed by atoms with van der Waals surface area (Å²) in [6.45, 7) is 1.39. The van der Waals surface area contributed by atoms with E-state index in [1.807, 2.05) is 4.57 Å². The van der Waals surface area contributed by atoms with Gasteiger partial charge < -0.3 is 9.67 Å². The van der Waals surface area contributed by atoms with E-state index in [0.717, 1.165) is 45.2 Å². The molecule has 0 radical (unpaired) electrons. The summed E-state index contributed by atoms with van der Waals surface area (Å²) in [5.74, 6) is 0. The molecular weight excluding hydrogens is 278 g/mol. The summed E-state index contributed by atoms with van der Waals surface area (Å²) < 4.78 is 26.6. The Labute approximate surface area is 119 Å². The molecule has 0 aromatic carbocycles. The van der Waals surface area contributed by atoms with Crippen LogP contribution in [0.1, 0.15) is 43.8 Å². The fourth-order valence-electron chi connectivity index (χ4n) is 2.67. The Morgan fingerprint density at radius 1 is 1.25 bits per heavy atom. The van der Waals surface area contributed by atoms with Gasteiger partial charge in [-0.25, -0.2) is 13.4 Å². The van der Waals surface area contributed by atoms with Crippen LogP contribution in [0.15, 0.2) is 17.2 Å². The minimum Gasteiger partial charge on any atom is -0.390 e. The summed E-state index contributed by atoms with van der Waals surface area (Å²) in [5.41, 5.74) is 0.673. The van der Waals surface area contributed by atoms with Gasteiger partial charge in [0, 0.05) is 31.0 Å². The summed E-state index contributed by atoms with van der Waals surface area (Å²) in [5, 5.41) is 11.1. The average Bonchev–Trinajstić information content (AvgIpc) is 3.18. The Morgan fingerprint density at radius 3 is 2.55 bits per heavy atom. The van der Waals surface area contributed by atoms with Crippen LogP contribution in [0.25, 0.3) is 0 Å². The minimum atomic E-state index is -3.53. The molecule has 1 aromatic rings. The zero-order chi connectivity index (χ0) is 14.2. The maximum Gasteiger partial charge on any atom is 0.254 e. The van der Waals surface area contributed by atoms with Crippen molar-refractivity contribution in [3.05, 3.63) is 18.0 Å². The summed E-state index contributed by atoms with van der Waals surface area (Å²) in [7, 11) is -3.53. The number of nitrogens with one attached hydrogen (secondary N) is 1. The van der Waals surface area contributed by atoms with Crippen molar-refractivity contribution in [2.24, 2.45) is 0 Å². The number of hydrogen-bond acceptors (Lipinski definition) is 4. The smallest absolute Gasteiger partial charge is 0.254 e. The largest absolute Gasteiger partial charge is 0.390 e. The van der Waals surface area contributed by atoms with Crippen LogP contribution in [0.4, 0.5) is 0 Å². The van der Waals surface area contributed by atoms with E-state index in [9.17, 15) is 13.5 Å². The fourth-order valence-corrected chi connectivity index (χ4v) is 3.84. The van der Waals surface area contributed by atoms with Crippen LogP contribution in [0.3, 0.4) is 0 Å². The van der Waals surface area contributed by atoms with Gasteiger partial charge >= 0.3 is 0 Å². The van der Waals surface area contributed by atoms with Crippen LogP contribution >= 0.6 is 0 Å². The Balaban J connectivity index is 1.79. The molecule has 1 saturated carbocycles. The number of sulfonamides is 1. The second kappa shape index (κ2) is 5.48. The van der Waals surface area contributed by atoms with E-state index in [2.05, 4.69) is 4.83 Å². The van der Waals surface area contributed by atoms with E-state index >= 15 is 0 Å². The van der Waals surface area contributed by atoms with Gasteiger partial charge in [-0.2, -0.15) is 0 Å². The molecule has 2 fully saturated rings. The van der Waals surface area contributed by atoms with Crippen LogP contribution in [0, 0.1) is 0 Å². The maximum atomic E-state index is 12.4. The number of aromatic nitrogens is 1. The number of piperidine rings is 1. The van der Waals surface area contributed by atoms with E-state index in [1.54, 1.807) is 17.3 Å². The summed E-state index contributed by atoms with van der Waals surface area (Å²) in [4.78, 5) is 2.90. The number of nitrogens with zero attached hydrogens (tertiary/aromatic N) is 2. The van der Waals surface area contributed by atoms with Crippen LogP contribution in [0.5, 0.6) is 0 Å². The van der Waals surface area contributed by atoms with E-state index in [-0.39, 0.29) is 11.5 Å². The zero-order valence-electron chi connectivity index (χ0n) is 11.5. The average molecular weight is 299 g/mol. The molecule has 1 aliphatic carbocycles. The molecule has 20 heavy (non-hydrogen) atoms. The van der Waals surface area contributed by atoms with Crippen LogP contribution in [-0.2, 0) is 16.6 Å². The van der Waals surface area contributed by atoms with Gasteiger partial charge in [-0.1, -0.05) is 6.42 Å². The van der Waals surface area contributed by atoms with Crippen LogP contribution < -0.4 is 4.83 Å². The lowest BCUT2D eigenvalue weighted by molar-refractivity contribution is 0.200. The predicted octanol–water partition coefficient (Wildman–Crippen LogP) is 0.994. The van der Waals surface area contributed by atoms with E-state index in [0.29, 0.717) is 11.7 Å². The Hall–Kier alpha value is -0.890. The first-order valence-corrected chi connectivity index (χ1v) is 8.67. The van der Waals surface area contributed by atoms with Gasteiger partial charge in [0.1, 0.15) is 4.90 Å². The van der Waals surface area contributed by atoms with E-state index in [1.165, 1.54) is 0 Å². The molecule has 2 N–H and O–H groups in total. The number of hydrogen-bond donors (Lipinski definition) is 2. The van der Waals surface area contributed by atoms with Crippen LogP contribution in [0.2, 0.25) is 0 Å². The van der Waals surface area contributed by atoms with Crippen molar-refractivity contribution in [1.82, 2.24) is 14.4 Å². The van der Waals surface area contributed by atoms with Gasteiger partial charge in [-0.05, 0) is 31.7 Å². The van der Waals surface area contributed by atoms with Crippen molar-refractivity contribution in [3.63, 3.8) is 0 Å². The predicted molar refractivity (Wildman–Crippen MR) is 74.4 cm³/mol. The highest BCUT2D eigenvalue weighted by molar-refractivity contribution is 7.89. The summed E-state index contributed by atoms with van der Waals surface area (Å²) in [6.07, 6.45) is 6.96. The molecule has 0 amide bonds. The molecule has 0 bridgehead atoms. The first-order chi connectivity index (χ1) is 9.60. The van der Waals surface area contributed by atoms with E-state index < -0.39 is 10.0 Å². The Bertz CT molecular complexity index is 572. The summed E-state index contributed by atoms with van der Waals surface area (Å²) >= 11 is 0. The van der Waals surface area contributed by atoms with Crippen molar-refractivity contribution in [2.75, 3.05) is 13.1 Å². The third-order valence-corrected chi connectivity index (χ3v) is 5.27. The molecule has 0 unspecified atom stereocenters. The monoisotopic (exact) mass is 299 g/mol. The highest BCUT2D eigenvalue weighted by Crippen LogP contribution is 2.37. The third-order valence-electron chi connectivity index (χ3n) is 3.92. The molecule has 112 valence electrons. The maximum absolute atomic E-state index is 12.4. The van der Waals surface area contributed by atoms with Gasteiger partial charge in [0.15, 0.2) is 0 Å². The molecule has 6 nitrogen and oxygen atoms in total. The zero-order valence-corrected chi connectivity index (χ0v) is 12.3. The molecular formula is C13H21N3O3S. The SMILES string of the molecule is O=S(=O)(NN1CCCCC1)c1cc(CO)n(C2CC2)c1. The van der Waals surface area contributed by atoms with Gasteiger partial charge in [0.2, 0.25) is 0 Å². The van der Waals surface area contributed by atoms with Crippen molar-refractivity contribution in [3.8, 4) is 0 Å². The molecule has 7 heteroatoms. The molecule has 0 spiro atoms. The molecule has 0 atom stereocenters. The second-order valence-corrected chi connectivity index (χ2v) is 7.27. The standard InChI is InChI=1S/C13H21N3O3S/c17-10-12-8-13(9-16(12)11-4-5-11)20(18,19)14-15-6-2-1-3-7-15/h8-9,11,14,17H,1-7,10H2. The lowest BCUT2D eigenvalue weighted by Gasteiger charge is -2.26. The molecule has 3 rings (SSSR count). The number of hydrazine groups is 1. The first-order valence-electron chi connectivity index (χ1n) is 7.19. The van der Waals surface area contributed by atoms with Crippen molar-refractivity contribution in [2.45, 2.75) is 49.6 Å². The topological polar surface area (TPSA) is 74.6 Å². The normalized spacial score (nSPS) is 21.2. The van der Waals surface area contributed by atoms with Gasteiger partial charge in [-0.15, -0.1) is 4.83 Å². The van der Waals surface area contributed by atoms with Gasteiger partial charge in [0.25, 0.3) is 10.0 Å². The lowest BCUT2D eigenvalue weighted by Crippen LogP contribution is -2.44. The second-order valence-electron chi connectivity index (χ2n) is 5.61. The van der Waals surface area contributed by atoms with Crippen molar-refractivity contribution < 1.29 is 13.5 Å². The minimum absolute atomic E-state index is 0.129. The highest BCUT2D eigenvalue weighted by atomic mass is 32.2. The quantitative estimate of drug-likeness (QED) is 0.850. The molecule has 1 aliphatic heterocycles. The molecule has 1 aromatic heterocycles. The first kappa shape index (κ1) is 14.1. The van der Waals surface area contributed by atoms with E-state index in [4.69, 9.17) is 0 Å². The van der Waals surface area contributed by atoms with Gasteiger partial charge in [0.05, 0.1) is 6.61 Å².